The van der Waals surface area contributed by atoms with Crippen LogP contribution < -0.4 is 11.1 Å². The van der Waals surface area contributed by atoms with Gasteiger partial charge in [0.2, 0.25) is 5.91 Å². The van der Waals surface area contributed by atoms with E-state index in [0.717, 1.165) is 24.8 Å². The van der Waals surface area contributed by atoms with Gasteiger partial charge in [0.1, 0.15) is 0 Å². The largest absolute Gasteiger partial charge is 0.444 e. The van der Waals surface area contributed by atoms with Crippen LogP contribution in [0.2, 0.25) is 0 Å². The first kappa shape index (κ1) is 15.9. The van der Waals surface area contributed by atoms with Gasteiger partial charge in [-0.3, -0.25) is 9.59 Å². The van der Waals surface area contributed by atoms with Crippen molar-refractivity contribution in [1.29, 1.82) is 0 Å². The second-order valence-corrected chi connectivity index (χ2v) is 5.66. The predicted octanol–water partition coefficient (Wildman–Crippen LogP) is 1.96. The Hall–Kier alpha value is -2.96. The molecule has 0 aliphatic heterocycles. The highest BCUT2D eigenvalue weighted by atomic mass is 16.5. The summed E-state index contributed by atoms with van der Waals surface area (Å²) in [4.78, 5) is 22.8. The highest BCUT2D eigenvalue weighted by Crippen LogP contribution is 2.27. The van der Waals surface area contributed by atoms with Crippen LogP contribution in [0.25, 0.3) is 11.3 Å². The van der Waals surface area contributed by atoms with Gasteiger partial charge in [0.15, 0.2) is 12.5 Å². The SMILES string of the molecule is NC(=O)c1cccc(-c2ccc(NCOC(=O)C3CCC3)nn2)c1. The summed E-state index contributed by atoms with van der Waals surface area (Å²) >= 11 is 0. The number of benzene rings is 1. The minimum Gasteiger partial charge on any atom is -0.444 e. The van der Waals surface area contributed by atoms with Crippen molar-refractivity contribution in [3.63, 3.8) is 0 Å². The molecule has 2 aromatic rings. The van der Waals surface area contributed by atoms with Crippen LogP contribution in [0.15, 0.2) is 36.4 Å². The van der Waals surface area contributed by atoms with Crippen LogP contribution in [-0.2, 0) is 9.53 Å². The maximum Gasteiger partial charge on any atom is 0.310 e. The third-order valence-electron chi connectivity index (χ3n) is 4.01. The summed E-state index contributed by atoms with van der Waals surface area (Å²) in [5, 5.41) is 11.0. The van der Waals surface area contributed by atoms with Crippen molar-refractivity contribution >= 4 is 17.7 Å². The van der Waals surface area contributed by atoms with Crippen LogP contribution >= 0.6 is 0 Å². The molecule has 124 valence electrons. The van der Waals surface area contributed by atoms with Crippen LogP contribution in [0.1, 0.15) is 29.6 Å². The van der Waals surface area contributed by atoms with Crippen LogP contribution in [-0.4, -0.2) is 28.8 Å². The number of carbonyl (C=O) groups is 2. The summed E-state index contributed by atoms with van der Waals surface area (Å²) in [5.41, 5.74) is 7.06. The maximum absolute atomic E-state index is 11.6. The van der Waals surface area contributed by atoms with E-state index in [1.165, 1.54) is 0 Å². The third-order valence-corrected chi connectivity index (χ3v) is 4.01. The number of ether oxygens (including phenoxy) is 1. The normalized spacial score (nSPS) is 13.8. The van der Waals surface area contributed by atoms with Gasteiger partial charge in [0, 0.05) is 11.1 Å². The second-order valence-electron chi connectivity index (χ2n) is 5.66. The number of primary amides is 1. The number of aromatic nitrogens is 2. The Morgan fingerprint density at radius 2 is 2.04 bits per heavy atom. The van der Waals surface area contributed by atoms with E-state index in [2.05, 4.69) is 15.5 Å². The number of rotatable bonds is 6. The number of nitrogens with zero attached hydrogens (tertiary/aromatic N) is 2. The van der Waals surface area contributed by atoms with Crippen molar-refractivity contribution in [3.05, 3.63) is 42.0 Å². The number of esters is 1. The molecule has 0 bridgehead atoms. The average Bonchev–Trinajstić information content (AvgIpc) is 2.54. The highest BCUT2D eigenvalue weighted by molar-refractivity contribution is 5.93. The standard InChI is InChI=1S/C17H18N4O3/c18-16(22)13-6-2-5-12(9-13)14-7-8-15(21-20-14)19-10-24-17(23)11-3-1-4-11/h2,5-9,11H,1,3-4,10H2,(H2,18,22)(H,19,21). The minimum absolute atomic E-state index is 0.0535. The van der Waals surface area contributed by atoms with Crippen LogP contribution in [0, 0.1) is 5.92 Å². The Balaban J connectivity index is 1.58. The van der Waals surface area contributed by atoms with E-state index in [4.69, 9.17) is 10.5 Å². The molecule has 1 saturated carbocycles. The van der Waals surface area contributed by atoms with Crippen molar-refractivity contribution in [3.8, 4) is 11.3 Å². The van der Waals surface area contributed by atoms with Gasteiger partial charge in [0.25, 0.3) is 0 Å². The summed E-state index contributed by atoms with van der Waals surface area (Å²) in [6.45, 7) is 0.0700. The van der Waals surface area contributed by atoms with E-state index < -0.39 is 5.91 Å². The first-order valence-corrected chi connectivity index (χ1v) is 7.78. The van der Waals surface area contributed by atoms with Gasteiger partial charge in [-0.15, -0.1) is 10.2 Å². The van der Waals surface area contributed by atoms with Crippen LogP contribution in [0.4, 0.5) is 5.82 Å². The first-order chi connectivity index (χ1) is 11.6. The summed E-state index contributed by atoms with van der Waals surface area (Å²) < 4.78 is 5.14. The van der Waals surface area contributed by atoms with E-state index in [9.17, 15) is 9.59 Å². The molecule has 1 amide bonds. The fraction of sp³-hybridized carbons (Fsp3) is 0.294. The Morgan fingerprint density at radius 1 is 1.21 bits per heavy atom. The molecule has 3 rings (SSSR count). The van der Waals surface area contributed by atoms with Gasteiger partial charge < -0.3 is 15.8 Å². The summed E-state index contributed by atoms with van der Waals surface area (Å²) in [6, 6.07) is 10.4. The smallest absolute Gasteiger partial charge is 0.310 e. The lowest BCUT2D eigenvalue weighted by molar-refractivity contribution is -0.150. The first-order valence-electron chi connectivity index (χ1n) is 7.78. The van der Waals surface area contributed by atoms with Gasteiger partial charge in [-0.1, -0.05) is 18.6 Å². The molecule has 1 aliphatic carbocycles. The van der Waals surface area contributed by atoms with Gasteiger partial charge in [0.05, 0.1) is 11.6 Å². The molecule has 24 heavy (non-hydrogen) atoms. The Labute approximate surface area is 139 Å². The molecule has 0 spiro atoms. The topological polar surface area (TPSA) is 107 Å². The molecule has 1 fully saturated rings. The molecular formula is C17H18N4O3. The monoisotopic (exact) mass is 326 g/mol. The molecule has 1 heterocycles. The minimum atomic E-state index is -0.489. The van der Waals surface area contributed by atoms with Gasteiger partial charge in [-0.2, -0.15) is 0 Å². The number of nitrogens with one attached hydrogen (secondary N) is 1. The molecule has 0 unspecified atom stereocenters. The van der Waals surface area contributed by atoms with Gasteiger partial charge >= 0.3 is 5.97 Å². The average molecular weight is 326 g/mol. The number of anilines is 1. The molecule has 1 aliphatic rings. The number of amides is 1. The molecular weight excluding hydrogens is 308 g/mol. The molecule has 1 aromatic heterocycles. The molecule has 0 saturated heterocycles. The predicted molar refractivity (Wildman–Crippen MR) is 87.9 cm³/mol. The van der Waals surface area contributed by atoms with Crippen molar-refractivity contribution in [1.82, 2.24) is 10.2 Å². The molecule has 0 radical (unpaired) electrons. The van der Waals surface area contributed by atoms with Gasteiger partial charge in [-0.05, 0) is 37.1 Å². The molecule has 3 N–H and O–H groups in total. The van der Waals surface area contributed by atoms with E-state index in [-0.39, 0.29) is 18.6 Å². The zero-order valence-electron chi connectivity index (χ0n) is 13.1. The molecule has 1 aromatic carbocycles. The summed E-state index contributed by atoms with van der Waals surface area (Å²) in [6.07, 6.45) is 2.92. The highest BCUT2D eigenvalue weighted by Gasteiger charge is 2.26. The number of hydrogen-bond donors (Lipinski definition) is 2. The molecule has 0 atom stereocenters. The zero-order valence-corrected chi connectivity index (χ0v) is 13.1. The summed E-state index contributed by atoms with van der Waals surface area (Å²) in [5.74, 6) is -0.0954. The van der Waals surface area contributed by atoms with E-state index in [0.29, 0.717) is 17.1 Å². The van der Waals surface area contributed by atoms with Crippen molar-refractivity contribution in [2.45, 2.75) is 19.3 Å². The lowest BCUT2D eigenvalue weighted by atomic mass is 9.86. The fourth-order valence-corrected chi connectivity index (χ4v) is 2.36. The fourth-order valence-electron chi connectivity index (χ4n) is 2.36. The van der Waals surface area contributed by atoms with E-state index in [1.807, 2.05) is 6.07 Å². The number of nitrogens with two attached hydrogens (primary N) is 1. The molecule has 7 heteroatoms. The van der Waals surface area contributed by atoms with Crippen molar-refractivity contribution in [2.75, 3.05) is 12.0 Å². The Kier molecular flexibility index (Phi) is 4.69. The Bertz CT molecular complexity index is 742. The van der Waals surface area contributed by atoms with Crippen LogP contribution in [0.3, 0.4) is 0 Å². The zero-order chi connectivity index (χ0) is 16.9. The lowest BCUT2D eigenvalue weighted by Crippen LogP contribution is -2.26. The van der Waals surface area contributed by atoms with E-state index >= 15 is 0 Å². The van der Waals surface area contributed by atoms with Gasteiger partial charge in [-0.25, -0.2) is 0 Å². The maximum atomic E-state index is 11.6. The van der Waals surface area contributed by atoms with E-state index in [1.54, 1.807) is 30.3 Å². The molecule has 7 nitrogen and oxygen atoms in total. The lowest BCUT2D eigenvalue weighted by Gasteiger charge is -2.23. The Morgan fingerprint density at radius 3 is 2.67 bits per heavy atom. The van der Waals surface area contributed by atoms with Crippen molar-refractivity contribution in [2.24, 2.45) is 11.7 Å². The number of carbonyl (C=O) groups excluding carboxylic acids is 2. The number of hydrogen-bond acceptors (Lipinski definition) is 6. The quantitative estimate of drug-likeness (QED) is 0.620. The van der Waals surface area contributed by atoms with Crippen molar-refractivity contribution < 1.29 is 14.3 Å². The second kappa shape index (κ2) is 7.08. The van der Waals surface area contributed by atoms with Crippen LogP contribution in [0.5, 0.6) is 0 Å². The summed E-state index contributed by atoms with van der Waals surface area (Å²) in [7, 11) is 0. The third kappa shape index (κ3) is 3.68.